The summed E-state index contributed by atoms with van der Waals surface area (Å²) < 4.78 is 11.1. The molecule has 24 heavy (non-hydrogen) atoms. The summed E-state index contributed by atoms with van der Waals surface area (Å²) in [5.74, 6) is 1.29. The molecular formula is C19H22N2O3. The highest BCUT2D eigenvalue weighted by molar-refractivity contribution is 5.76. The molecular weight excluding hydrogens is 304 g/mol. The molecule has 0 aliphatic carbocycles. The normalized spacial score (nSPS) is 16.3. The van der Waals surface area contributed by atoms with Crippen LogP contribution >= 0.6 is 0 Å². The third-order valence-corrected chi connectivity index (χ3v) is 4.25. The fourth-order valence-corrected chi connectivity index (χ4v) is 3.16. The van der Waals surface area contributed by atoms with Crippen LogP contribution in [0.25, 0.3) is 0 Å². The van der Waals surface area contributed by atoms with E-state index in [0.717, 1.165) is 29.0 Å². The van der Waals surface area contributed by atoms with Crippen molar-refractivity contribution in [3.63, 3.8) is 0 Å². The van der Waals surface area contributed by atoms with Gasteiger partial charge < -0.3 is 15.2 Å². The molecule has 2 aromatic rings. The molecule has 1 heterocycles. The Morgan fingerprint density at radius 2 is 2.08 bits per heavy atom. The van der Waals surface area contributed by atoms with Crippen molar-refractivity contribution in [2.45, 2.75) is 19.0 Å². The number of rotatable bonds is 6. The van der Waals surface area contributed by atoms with E-state index in [0.29, 0.717) is 13.2 Å². The summed E-state index contributed by atoms with van der Waals surface area (Å²) in [4.78, 5) is 13.7. The molecule has 0 fully saturated rings. The lowest BCUT2D eigenvalue weighted by molar-refractivity contribution is -0.120. The van der Waals surface area contributed by atoms with E-state index in [-0.39, 0.29) is 18.5 Å². The number of primary amides is 1. The third-order valence-electron chi connectivity index (χ3n) is 4.25. The molecule has 0 aromatic heterocycles. The Morgan fingerprint density at radius 3 is 2.79 bits per heavy atom. The molecule has 1 aliphatic heterocycles. The minimum atomic E-state index is -0.332. The number of ether oxygens (including phenoxy) is 2. The van der Waals surface area contributed by atoms with Gasteiger partial charge in [0.05, 0.1) is 20.3 Å². The van der Waals surface area contributed by atoms with Crippen LogP contribution < -0.4 is 15.2 Å². The third kappa shape index (κ3) is 3.68. The Balaban J connectivity index is 1.92. The average molecular weight is 326 g/mol. The largest absolute Gasteiger partial charge is 0.497 e. The lowest BCUT2D eigenvalue weighted by atomic mass is 9.97. The maximum absolute atomic E-state index is 11.6. The highest BCUT2D eigenvalue weighted by atomic mass is 16.5. The number of fused-ring (bicyclic) bond motifs is 1. The quantitative estimate of drug-likeness (QED) is 0.886. The van der Waals surface area contributed by atoms with Gasteiger partial charge in [0.2, 0.25) is 5.91 Å². The molecule has 5 heteroatoms. The van der Waals surface area contributed by atoms with Gasteiger partial charge in [-0.15, -0.1) is 0 Å². The molecule has 0 unspecified atom stereocenters. The Bertz CT molecular complexity index is 703. The lowest BCUT2D eigenvalue weighted by Gasteiger charge is -2.35. The maximum Gasteiger partial charge on any atom is 0.231 e. The van der Waals surface area contributed by atoms with Crippen molar-refractivity contribution >= 4 is 5.91 Å². The van der Waals surface area contributed by atoms with E-state index in [9.17, 15) is 4.79 Å². The fourth-order valence-electron chi connectivity index (χ4n) is 3.16. The van der Waals surface area contributed by atoms with Crippen LogP contribution in [0.2, 0.25) is 0 Å². The Labute approximate surface area is 142 Å². The van der Waals surface area contributed by atoms with Crippen molar-refractivity contribution in [2.24, 2.45) is 5.73 Å². The average Bonchev–Trinajstić information content (AvgIpc) is 2.60. The highest BCUT2D eigenvalue weighted by Crippen LogP contribution is 2.38. The second kappa shape index (κ2) is 7.36. The Hall–Kier alpha value is -2.53. The molecule has 5 nitrogen and oxygen atoms in total. The molecule has 1 aliphatic rings. The molecule has 0 radical (unpaired) electrons. The topological polar surface area (TPSA) is 64.8 Å². The number of amides is 1. The first-order chi connectivity index (χ1) is 11.7. The number of nitrogens with zero attached hydrogens (tertiary/aromatic N) is 1. The summed E-state index contributed by atoms with van der Waals surface area (Å²) in [6.07, 6.45) is 0.806. The zero-order valence-corrected chi connectivity index (χ0v) is 13.8. The van der Waals surface area contributed by atoms with Gasteiger partial charge in [0.15, 0.2) is 0 Å². The van der Waals surface area contributed by atoms with Crippen LogP contribution in [0.5, 0.6) is 11.5 Å². The van der Waals surface area contributed by atoms with Crippen molar-refractivity contribution < 1.29 is 14.3 Å². The molecule has 3 rings (SSSR count). The number of carbonyl (C=O) groups is 1. The first-order valence-electron chi connectivity index (χ1n) is 8.04. The molecule has 126 valence electrons. The fraction of sp³-hybridized carbons (Fsp3) is 0.316. The van der Waals surface area contributed by atoms with E-state index in [1.807, 2.05) is 36.4 Å². The van der Waals surface area contributed by atoms with Crippen molar-refractivity contribution in [1.29, 1.82) is 0 Å². The van der Waals surface area contributed by atoms with Gasteiger partial charge in [0.25, 0.3) is 0 Å². The minimum absolute atomic E-state index is 0.0663. The van der Waals surface area contributed by atoms with Gasteiger partial charge in [0.1, 0.15) is 11.5 Å². The van der Waals surface area contributed by atoms with Gasteiger partial charge in [-0.25, -0.2) is 0 Å². The number of hydrogen-bond donors (Lipinski definition) is 1. The molecule has 1 amide bonds. The van der Waals surface area contributed by atoms with Crippen molar-refractivity contribution in [3.8, 4) is 11.5 Å². The molecule has 0 saturated carbocycles. The van der Waals surface area contributed by atoms with Gasteiger partial charge in [-0.2, -0.15) is 0 Å². The number of hydrogen-bond acceptors (Lipinski definition) is 4. The van der Waals surface area contributed by atoms with Gasteiger partial charge in [-0.1, -0.05) is 30.3 Å². The van der Waals surface area contributed by atoms with Crippen molar-refractivity contribution in [2.75, 3.05) is 20.3 Å². The van der Waals surface area contributed by atoms with Gasteiger partial charge >= 0.3 is 0 Å². The predicted molar refractivity (Wildman–Crippen MR) is 91.9 cm³/mol. The number of benzene rings is 2. The summed E-state index contributed by atoms with van der Waals surface area (Å²) in [6, 6.07) is 15.9. The van der Waals surface area contributed by atoms with E-state index in [2.05, 4.69) is 17.0 Å². The van der Waals surface area contributed by atoms with Crippen LogP contribution in [0.4, 0.5) is 0 Å². The Morgan fingerprint density at radius 1 is 1.29 bits per heavy atom. The maximum atomic E-state index is 11.6. The van der Waals surface area contributed by atoms with Crippen LogP contribution in [0.3, 0.4) is 0 Å². The summed E-state index contributed by atoms with van der Waals surface area (Å²) in [5, 5.41) is 0. The predicted octanol–water partition coefficient (Wildman–Crippen LogP) is 2.51. The zero-order chi connectivity index (χ0) is 16.9. The summed E-state index contributed by atoms with van der Waals surface area (Å²) >= 11 is 0. The van der Waals surface area contributed by atoms with E-state index >= 15 is 0 Å². The number of methoxy groups -OCH3 is 1. The smallest absolute Gasteiger partial charge is 0.231 e. The monoisotopic (exact) mass is 326 g/mol. The zero-order valence-electron chi connectivity index (χ0n) is 13.8. The van der Waals surface area contributed by atoms with Crippen LogP contribution in [-0.2, 0) is 11.3 Å². The van der Waals surface area contributed by atoms with Crippen LogP contribution in [-0.4, -0.2) is 31.1 Å². The standard InChI is InChI=1S/C19H22N2O3/c1-23-15-7-8-18-16(11-15)17(9-10-24-18)21(13-19(20)22)12-14-5-3-2-4-6-14/h2-8,11,17H,9-10,12-13H2,1H3,(H2,20,22)/t17-/m0/s1. The van der Waals surface area contributed by atoms with Crippen LogP contribution in [0.15, 0.2) is 48.5 Å². The summed E-state index contributed by atoms with van der Waals surface area (Å²) in [5.41, 5.74) is 7.68. The van der Waals surface area contributed by atoms with Gasteiger partial charge in [-0.3, -0.25) is 9.69 Å². The van der Waals surface area contributed by atoms with Gasteiger partial charge in [0, 0.05) is 24.6 Å². The first-order valence-corrected chi connectivity index (χ1v) is 8.04. The van der Waals surface area contributed by atoms with Gasteiger partial charge in [-0.05, 0) is 23.8 Å². The molecule has 1 atom stereocenters. The van der Waals surface area contributed by atoms with Crippen LogP contribution in [0.1, 0.15) is 23.6 Å². The van der Waals surface area contributed by atoms with Crippen molar-refractivity contribution in [1.82, 2.24) is 4.90 Å². The van der Waals surface area contributed by atoms with E-state index < -0.39 is 0 Å². The molecule has 2 N–H and O–H groups in total. The number of carbonyl (C=O) groups excluding carboxylic acids is 1. The first kappa shape index (κ1) is 16.3. The van der Waals surface area contributed by atoms with E-state index in [1.165, 1.54) is 0 Å². The SMILES string of the molecule is COc1ccc2c(c1)[C@@H](N(CC(N)=O)Cc1ccccc1)CCO2. The molecule has 2 aromatic carbocycles. The van der Waals surface area contributed by atoms with E-state index in [4.69, 9.17) is 15.2 Å². The summed E-state index contributed by atoms with van der Waals surface area (Å²) in [6.45, 7) is 1.48. The number of nitrogens with two attached hydrogens (primary N) is 1. The van der Waals surface area contributed by atoms with Crippen molar-refractivity contribution in [3.05, 3.63) is 59.7 Å². The Kier molecular flexibility index (Phi) is 5.01. The second-order valence-electron chi connectivity index (χ2n) is 5.91. The molecule has 0 bridgehead atoms. The lowest BCUT2D eigenvalue weighted by Crippen LogP contribution is -2.38. The second-order valence-corrected chi connectivity index (χ2v) is 5.91. The van der Waals surface area contributed by atoms with E-state index in [1.54, 1.807) is 7.11 Å². The highest BCUT2D eigenvalue weighted by Gasteiger charge is 2.28. The molecule has 0 spiro atoms. The minimum Gasteiger partial charge on any atom is -0.497 e. The van der Waals surface area contributed by atoms with Crippen LogP contribution in [0, 0.1) is 0 Å². The summed E-state index contributed by atoms with van der Waals surface area (Å²) in [7, 11) is 1.64. The molecule has 0 saturated heterocycles.